The fourth-order valence-electron chi connectivity index (χ4n) is 2.58. The summed E-state index contributed by atoms with van der Waals surface area (Å²) in [5.41, 5.74) is 0.966. The third-order valence-electron chi connectivity index (χ3n) is 3.92. The van der Waals surface area contributed by atoms with Crippen LogP contribution < -0.4 is 15.4 Å². The zero-order chi connectivity index (χ0) is 18.4. The number of benzene rings is 2. The first-order valence-corrected chi connectivity index (χ1v) is 8.74. The van der Waals surface area contributed by atoms with E-state index in [9.17, 15) is 9.18 Å². The number of carbonyl (C=O) groups is 1. The van der Waals surface area contributed by atoms with Crippen LogP contribution in [0.2, 0.25) is 0 Å². The molecule has 1 aliphatic heterocycles. The number of halogens is 1. The fraction of sp³-hybridized carbons (Fsp3) is 0.263. The van der Waals surface area contributed by atoms with Crippen LogP contribution in [0.3, 0.4) is 0 Å². The van der Waals surface area contributed by atoms with E-state index in [1.165, 1.54) is 24.3 Å². The maximum Gasteiger partial charge on any atom is 0.257 e. The Labute approximate surface area is 156 Å². The molecule has 136 valence electrons. The maximum atomic E-state index is 12.9. The zero-order valence-electron chi connectivity index (χ0n) is 14.0. The first-order chi connectivity index (χ1) is 12.6. The van der Waals surface area contributed by atoms with E-state index in [-0.39, 0.29) is 11.2 Å². The van der Waals surface area contributed by atoms with Crippen LogP contribution in [-0.4, -0.2) is 30.3 Å². The van der Waals surface area contributed by atoms with Crippen LogP contribution in [0.1, 0.15) is 23.2 Å². The molecule has 0 radical (unpaired) electrons. The van der Waals surface area contributed by atoms with Gasteiger partial charge in [-0.15, -0.1) is 0 Å². The number of para-hydroxylation sites is 2. The number of hydrogen-bond acceptors (Lipinski definition) is 4. The van der Waals surface area contributed by atoms with Crippen molar-refractivity contribution >= 4 is 28.9 Å². The van der Waals surface area contributed by atoms with E-state index >= 15 is 0 Å². The van der Waals surface area contributed by atoms with Gasteiger partial charge in [-0.05, 0) is 61.5 Å². The van der Waals surface area contributed by atoms with Crippen molar-refractivity contribution in [2.45, 2.75) is 18.9 Å². The smallest absolute Gasteiger partial charge is 0.257 e. The number of amides is 1. The lowest BCUT2D eigenvalue weighted by Crippen LogP contribution is -2.34. The van der Waals surface area contributed by atoms with Gasteiger partial charge in [0.05, 0.1) is 11.8 Å². The summed E-state index contributed by atoms with van der Waals surface area (Å²) in [6.07, 6.45) is 2.14. The van der Waals surface area contributed by atoms with Gasteiger partial charge in [0.25, 0.3) is 5.91 Å². The summed E-state index contributed by atoms with van der Waals surface area (Å²) in [5, 5.41) is 5.66. The molecule has 1 aliphatic rings. The number of rotatable bonds is 5. The second-order valence-corrected chi connectivity index (χ2v) is 6.27. The SMILES string of the molecule is O=C(NC(=S)Nc1ccccc1OCC1CCCO1)c1ccc(F)cc1. The van der Waals surface area contributed by atoms with Gasteiger partial charge >= 0.3 is 0 Å². The summed E-state index contributed by atoms with van der Waals surface area (Å²) in [5.74, 6) is -0.193. The van der Waals surface area contributed by atoms with Crippen molar-refractivity contribution in [3.05, 3.63) is 59.9 Å². The van der Waals surface area contributed by atoms with Gasteiger partial charge in [-0.1, -0.05) is 12.1 Å². The molecule has 0 spiro atoms. The monoisotopic (exact) mass is 374 g/mol. The number of anilines is 1. The summed E-state index contributed by atoms with van der Waals surface area (Å²) in [7, 11) is 0. The molecular formula is C19H19FN2O3S. The molecule has 5 nitrogen and oxygen atoms in total. The number of hydrogen-bond donors (Lipinski definition) is 2. The topological polar surface area (TPSA) is 59.6 Å². The van der Waals surface area contributed by atoms with Gasteiger partial charge in [-0.3, -0.25) is 10.1 Å². The van der Waals surface area contributed by atoms with Crippen molar-refractivity contribution in [2.24, 2.45) is 0 Å². The highest BCUT2D eigenvalue weighted by Gasteiger charge is 2.17. The van der Waals surface area contributed by atoms with E-state index in [0.29, 0.717) is 23.6 Å². The molecule has 0 bridgehead atoms. The van der Waals surface area contributed by atoms with Crippen molar-refractivity contribution in [3.8, 4) is 5.75 Å². The molecule has 1 atom stereocenters. The quantitative estimate of drug-likeness (QED) is 0.785. The molecule has 0 aliphatic carbocycles. The molecule has 7 heteroatoms. The Morgan fingerprint density at radius 3 is 2.73 bits per heavy atom. The van der Waals surface area contributed by atoms with E-state index in [4.69, 9.17) is 21.7 Å². The zero-order valence-corrected chi connectivity index (χ0v) is 14.9. The van der Waals surface area contributed by atoms with Gasteiger partial charge in [-0.25, -0.2) is 4.39 Å². The van der Waals surface area contributed by atoms with Gasteiger partial charge in [0.15, 0.2) is 5.11 Å². The summed E-state index contributed by atoms with van der Waals surface area (Å²) >= 11 is 5.19. The predicted molar refractivity (Wildman–Crippen MR) is 101 cm³/mol. The van der Waals surface area contributed by atoms with Crippen LogP contribution in [0.4, 0.5) is 10.1 Å². The van der Waals surface area contributed by atoms with E-state index in [0.717, 1.165) is 19.4 Å². The van der Waals surface area contributed by atoms with Gasteiger partial charge in [-0.2, -0.15) is 0 Å². The Kier molecular flexibility index (Phi) is 6.14. The molecular weight excluding hydrogens is 355 g/mol. The summed E-state index contributed by atoms with van der Waals surface area (Å²) in [6.45, 7) is 1.24. The number of ether oxygens (including phenoxy) is 2. The average molecular weight is 374 g/mol. The minimum atomic E-state index is -0.416. The highest BCUT2D eigenvalue weighted by molar-refractivity contribution is 7.80. The molecule has 0 aromatic heterocycles. The molecule has 1 unspecified atom stereocenters. The average Bonchev–Trinajstić information content (AvgIpc) is 3.15. The lowest BCUT2D eigenvalue weighted by molar-refractivity contribution is 0.0682. The van der Waals surface area contributed by atoms with Crippen LogP contribution in [0.5, 0.6) is 5.75 Å². The maximum absolute atomic E-state index is 12.9. The van der Waals surface area contributed by atoms with Crippen LogP contribution >= 0.6 is 12.2 Å². The van der Waals surface area contributed by atoms with Crippen LogP contribution in [-0.2, 0) is 4.74 Å². The largest absolute Gasteiger partial charge is 0.489 e. The van der Waals surface area contributed by atoms with Gasteiger partial charge in [0.2, 0.25) is 0 Å². The normalized spacial score (nSPS) is 16.1. The molecule has 26 heavy (non-hydrogen) atoms. The first-order valence-electron chi connectivity index (χ1n) is 8.33. The minimum absolute atomic E-state index is 0.105. The summed E-state index contributed by atoms with van der Waals surface area (Å²) in [6, 6.07) is 12.6. The molecule has 3 rings (SSSR count). The first kappa shape index (κ1) is 18.3. The Morgan fingerprint density at radius 2 is 2.00 bits per heavy atom. The van der Waals surface area contributed by atoms with Gasteiger partial charge in [0.1, 0.15) is 18.2 Å². The van der Waals surface area contributed by atoms with E-state index in [1.807, 2.05) is 18.2 Å². The lowest BCUT2D eigenvalue weighted by atomic mass is 10.2. The molecule has 2 aromatic carbocycles. The van der Waals surface area contributed by atoms with Crippen molar-refractivity contribution < 1.29 is 18.7 Å². The second-order valence-electron chi connectivity index (χ2n) is 5.86. The molecule has 0 saturated carbocycles. The van der Waals surface area contributed by atoms with Crippen LogP contribution in [0.25, 0.3) is 0 Å². The number of thiocarbonyl (C=S) groups is 1. The highest BCUT2D eigenvalue weighted by atomic mass is 32.1. The van der Waals surface area contributed by atoms with Gasteiger partial charge < -0.3 is 14.8 Å². The van der Waals surface area contributed by atoms with Crippen LogP contribution in [0, 0.1) is 5.82 Å². The standard InChI is InChI=1S/C19H19FN2O3S/c20-14-9-7-13(8-10-14)18(23)22-19(26)21-16-5-1-2-6-17(16)25-12-15-4-3-11-24-15/h1-2,5-10,15H,3-4,11-12H2,(H2,21,22,23,26). The third-order valence-corrected chi connectivity index (χ3v) is 4.12. The fourth-order valence-corrected chi connectivity index (χ4v) is 2.79. The Morgan fingerprint density at radius 1 is 1.23 bits per heavy atom. The van der Waals surface area contributed by atoms with E-state index < -0.39 is 11.7 Å². The van der Waals surface area contributed by atoms with E-state index in [1.54, 1.807) is 6.07 Å². The van der Waals surface area contributed by atoms with Crippen molar-refractivity contribution in [2.75, 3.05) is 18.5 Å². The molecule has 1 amide bonds. The minimum Gasteiger partial charge on any atom is -0.489 e. The summed E-state index contributed by atoms with van der Waals surface area (Å²) < 4.78 is 24.3. The highest BCUT2D eigenvalue weighted by Crippen LogP contribution is 2.25. The van der Waals surface area contributed by atoms with Crippen molar-refractivity contribution in [3.63, 3.8) is 0 Å². The van der Waals surface area contributed by atoms with Crippen LogP contribution in [0.15, 0.2) is 48.5 Å². The summed E-state index contributed by atoms with van der Waals surface area (Å²) in [4.78, 5) is 12.1. The number of nitrogens with one attached hydrogen (secondary N) is 2. The molecule has 1 saturated heterocycles. The molecule has 1 fully saturated rings. The predicted octanol–water partition coefficient (Wildman–Crippen LogP) is 3.51. The Bertz CT molecular complexity index is 777. The Hall–Kier alpha value is -2.51. The molecule has 2 N–H and O–H groups in total. The Balaban J connectivity index is 1.58. The number of carbonyl (C=O) groups excluding carboxylic acids is 1. The molecule has 1 heterocycles. The van der Waals surface area contributed by atoms with Gasteiger partial charge in [0, 0.05) is 12.2 Å². The van der Waals surface area contributed by atoms with Crippen molar-refractivity contribution in [1.29, 1.82) is 0 Å². The third kappa shape index (κ3) is 5.00. The van der Waals surface area contributed by atoms with Crippen molar-refractivity contribution in [1.82, 2.24) is 5.32 Å². The lowest BCUT2D eigenvalue weighted by Gasteiger charge is -2.16. The van der Waals surface area contributed by atoms with E-state index in [2.05, 4.69) is 10.6 Å². The molecule has 2 aromatic rings. The second kappa shape index (κ2) is 8.73.